The van der Waals surface area contributed by atoms with Crippen molar-refractivity contribution in [3.63, 3.8) is 0 Å². The average Bonchev–Trinajstić information content (AvgIpc) is 3.14. The van der Waals surface area contributed by atoms with Crippen LogP contribution in [0.1, 0.15) is 11.1 Å². The Kier molecular flexibility index (Phi) is 8.48. The van der Waals surface area contributed by atoms with Crippen LogP contribution in [0.4, 0.5) is 28.4 Å². The zero-order valence-electron chi connectivity index (χ0n) is 26.5. The Labute approximate surface area is 277 Å². The lowest BCUT2D eigenvalue weighted by Crippen LogP contribution is -2.15. The quantitative estimate of drug-likeness (QED) is 0.151. The van der Waals surface area contributed by atoms with Crippen molar-refractivity contribution in [3.05, 3.63) is 205 Å². The van der Waals surface area contributed by atoms with E-state index >= 15 is 0 Å². The molecule has 0 heterocycles. The van der Waals surface area contributed by atoms with Crippen LogP contribution < -0.4 is 9.80 Å². The van der Waals surface area contributed by atoms with Crippen LogP contribution in [-0.2, 0) is 0 Å². The number of allylic oxidation sites excluding steroid dienone is 1. The van der Waals surface area contributed by atoms with Gasteiger partial charge in [0.25, 0.3) is 0 Å². The molecule has 2 heteroatoms. The Morgan fingerprint density at radius 1 is 0.468 bits per heavy atom. The largest absolute Gasteiger partial charge is 0.311 e. The van der Waals surface area contributed by atoms with Gasteiger partial charge in [-0.05, 0) is 113 Å². The van der Waals surface area contributed by atoms with Gasteiger partial charge in [-0.15, -0.1) is 0 Å². The molecule has 7 aromatic carbocycles. The fourth-order valence-corrected chi connectivity index (χ4v) is 6.09. The Morgan fingerprint density at radius 2 is 0.957 bits per heavy atom. The number of nitrogens with zero attached hydrogens (tertiary/aromatic N) is 2. The molecule has 0 radical (unpaired) electrons. The molecule has 0 saturated heterocycles. The Morgan fingerprint density at radius 3 is 1.60 bits per heavy atom. The second kappa shape index (κ2) is 13.5. The molecule has 0 N–H and O–H groups in total. The molecule has 0 atom stereocenters. The topological polar surface area (TPSA) is 6.48 Å². The molecule has 0 aliphatic rings. The summed E-state index contributed by atoms with van der Waals surface area (Å²) >= 11 is 0. The minimum Gasteiger partial charge on any atom is -0.311 e. The monoisotopic (exact) mass is 604 g/mol. The summed E-state index contributed by atoms with van der Waals surface area (Å²) in [5, 5.41) is 2.46. The van der Waals surface area contributed by atoms with Crippen molar-refractivity contribution >= 4 is 45.3 Å². The van der Waals surface area contributed by atoms with Crippen molar-refractivity contribution in [1.29, 1.82) is 0 Å². The first-order valence-electron chi connectivity index (χ1n) is 16.0. The third-order valence-corrected chi connectivity index (χ3v) is 8.56. The first kappa shape index (κ1) is 29.6. The summed E-state index contributed by atoms with van der Waals surface area (Å²) in [6.45, 7) is 6.33. The Balaban J connectivity index is 1.22. The molecule has 7 aromatic rings. The van der Waals surface area contributed by atoms with E-state index in [4.69, 9.17) is 0 Å². The van der Waals surface area contributed by atoms with Crippen molar-refractivity contribution in [2.75, 3.05) is 9.80 Å². The standard InChI is InChI=1S/C45H36N2/c1-3-40(32-38-16-11-10-14-34(38)2)46(41-18-6-4-7-19-41)43-27-22-36(23-28-43)37-24-29-44(30-25-37)47(42-20-8-5-9-21-42)45-31-26-35-15-12-13-17-39(35)33-45/h3-33H,1H2,2H3/b40-32+. The number of hydrogen-bond acceptors (Lipinski definition) is 2. The van der Waals surface area contributed by atoms with Gasteiger partial charge in [0.1, 0.15) is 0 Å². The molecule has 0 unspecified atom stereocenters. The highest BCUT2D eigenvalue weighted by Gasteiger charge is 2.15. The van der Waals surface area contributed by atoms with E-state index in [0.717, 1.165) is 45.3 Å². The lowest BCUT2D eigenvalue weighted by molar-refractivity contribution is 1.22. The number of aryl methyl sites for hydroxylation is 1. The van der Waals surface area contributed by atoms with Gasteiger partial charge in [-0.2, -0.15) is 0 Å². The number of fused-ring (bicyclic) bond motifs is 1. The Bertz CT molecular complexity index is 2150. The number of para-hydroxylation sites is 2. The average molecular weight is 605 g/mol. The van der Waals surface area contributed by atoms with Crippen molar-refractivity contribution in [3.8, 4) is 11.1 Å². The summed E-state index contributed by atoms with van der Waals surface area (Å²) in [6.07, 6.45) is 4.14. The van der Waals surface area contributed by atoms with Gasteiger partial charge in [0.2, 0.25) is 0 Å². The lowest BCUT2D eigenvalue weighted by atomic mass is 10.0. The first-order chi connectivity index (χ1) is 23.2. The van der Waals surface area contributed by atoms with Gasteiger partial charge in [-0.25, -0.2) is 0 Å². The third-order valence-electron chi connectivity index (χ3n) is 8.56. The van der Waals surface area contributed by atoms with Crippen LogP contribution in [0.5, 0.6) is 0 Å². The van der Waals surface area contributed by atoms with E-state index < -0.39 is 0 Å². The zero-order chi connectivity index (χ0) is 32.0. The smallest absolute Gasteiger partial charge is 0.0468 e. The Hall–Kier alpha value is -6.12. The second-order valence-electron chi connectivity index (χ2n) is 11.6. The summed E-state index contributed by atoms with van der Waals surface area (Å²) in [4.78, 5) is 4.57. The predicted molar refractivity (Wildman–Crippen MR) is 202 cm³/mol. The highest BCUT2D eigenvalue weighted by atomic mass is 15.1. The summed E-state index contributed by atoms with van der Waals surface area (Å²) in [6, 6.07) is 62.2. The molecular formula is C45H36N2. The van der Waals surface area contributed by atoms with Crippen molar-refractivity contribution in [1.82, 2.24) is 0 Å². The van der Waals surface area contributed by atoms with E-state index in [0.29, 0.717) is 0 Å². The van der Waals surface area contributed by atoms with Gasteiger partial charge in [0, 0.05) is 34.1 Å². The highest BCUT2D eigenvalue weighted by Crippen LogP contribution is 2.38. The molecule has 7 rings (SSSR count). The minimum absolute atomic E-state index is 1.01. The molecule has 47 heavy (non-hydrogen) atoms. The molecule has 0 amide bonds. The van der Waals surface area contributed by atoms with Crippen LogP contribution in [0.25, 0.3) is 28.0 Å². The molecule has 0 aliphatic heterocycles. The number of anilines is 5. The molecule has 0 saturated carbocycles. The SMILES string of the molecule is C=C/C(=C\c1ccccc1C)N(c1ccccc1)c1ccc(-c2ccc(N(c3ccccc3)c3ccc4ccccc4c3)cc2)cc1. The molecule has 0 aromatic heterocycles. The van der Waals surface area contributed by atoms with Crippen LogP contribution in [0, 0.1) is 6.92 Å². The van der Waals surface area contributed by atoms with Gasteiger partial charge in [0.05, 0.1) is 0 Å². The second-order valence-corrected chi connectivity index (χ2v) is 11.6. The van der Waals surface area contributed by atoms with E-state index in [1.807, 2.05) is 12.1 Å². The van der Waals surface area contributed by atoms with E-state index in [1.54, 1.807) is 0 Å². The molecule has 0 bridgehead atoms. The van der Waals surface area contributed by atoms with E-state index in [-0.39, 0.29) is 0 Å². The van der Waals surface area contributed by atoms with Crippen LogP contribution in [-0.4, -0.2) is 0 Å². The number of benzene rings is 7. The van der Waals surface area contributed by atoms with E-state index in [9.17, 15) is 0 Å². The molecular weight excluding hydrogens is 569 g/mol. The maximum absolute atomic E-state index is 4.19. The van der Waals surface area contributed by atoms with Crippen LogP contribution >= 0.6 is 0 Å². The van der Waals surface area contributed by atoms with Crippen molar-refractivity contribution < 1.29 is 0 Å². The van der Waals surface area contributed by atoms with Crippen LogP contribution in [0.2, 0.25) is 0 Å². The van der Waals surface area contributed by atoms with Gasteiger partial charge < -0.3 is 9.80 Å². The number of rotatable bonds is 9. The van der Waals surface area contributed by atoms with Gasteiger partial charge >= 0.3 is 0 Å². The maximum Gasteiger partial charge on any atom is 0.0468 e. The normalized spacial score (nSPS) is 11.3. The van der Waals surface area contributed by atoms with Crippen LogP contribution in [0.3, 0.4) is 0 Å². The highest BCUT2D eigenvalue weighted by molar-refractivity contribution is 5.89. The summed E-state index contributed by atoms with van der Waals surface area (Å²) in [5.74, 6) is 0. The lowest BCUT2D eigenvalue weighted by Gasteiger charge is -2.27. The summed E-state index contributed by atoms with van der Waals surface area (Å²) < 4.78 is 0. The molecule has 0 aliphatic carbocycles. The fraction of sp³-hybridized carbons (Fsp3) is 0.0222. The summed E-state index contributed by atoms with van der Waals surface area (Å²) in [5.41, 5.74) is 11.3. The van der Waals surface area contributed by atoms with Crippen molar-refractivity contribution in [2.24, 2.45) is 0 Å². The van der Waals surface area contributed by atoms with Gasteiger partial charge in [-0.1, -0.05) is 122 Å². The van der Waals surface area contributed by atoms with Crippen LogP contribution in [0.15, 0.2) is 194 Å². The first-order valence-corrected chi connectivity index (χ1v) is 16.0. The maximum atomic E-state index is 4.19. The third kappa shape index (κ3) is 6.36. The van der Waals surface area contributed by atoms with Gasteiger partial charge in [-0.3, -0.25) is 0 Å². The van der Waals surface area contributed by atoms with Crippen molar-refractivity contribution in [2.45, 2.75) is 6.92 Å². The molecule has 0 spiro atoms. The van der Waals surface area contributed by atoms with E-state index in [1.165, 1.54) is 21.9 Å². The zero-order valence-corrected chi connectivity index (χ0v) is 26.5. The fourth-order valence-electron chi connectivity index (χ4n) is 6.09. The molecule has 226 valence electrons. The van der Waals surface area contributed by atoms with Gasteiger partial charge in [0.15, 0.2) is 0 Å². The predicted octanol–water partition coefficient (Wildman–Crippen LogP) is 12.7. The minimum atomic E-state index is 1.01. The number of hydrogen-bond donors (Lipinski definition) is 0. The summed E-state index contributed by atoms with van der Waals surface area (Å²) in [7, 11) is 0. The molecule has 0 fully saturated rings. The molecule has 2 nitrogen and oxygen atoms in total. The van der Waals surface area contributed by atoms with E-state index in [2.05, 4.69) is 199 Å².